The van der Waals surface area contributed by atoms with Crippen LogP contribution in [-0.4, -0.2) is 27.8 Å². The van der Waals surface area contributed by atoms with E-state index in [1.165, 1.54) is 0 Å². The summed E-state index contributed by atoms with van der Waals surface area (Å²) in [4.78, 5) is 0.426. The van der Waals surface area contributed by atoms with E-state index >= 15 is 0 Å². The molecule has 0 spiro atoms. The van der Waals surface area contributed by atoms with E-state index in [1.54, 1.807) is 19.1 Å². The summed E-state index contributed by atoms with van der Waals surface area (Å²) in [5, 5.41) is 3.09. The fourth-order valence-corrected chi connectivity index (χ4v) is 2.54. The number of benzene rings is 1. The first-order valence-corrected chi connectivity index (χ1v) is 7.13. The summed E-state index contributed by atoms with van der Waals surface area (Å²) in [6.45, 7) is 4.59. The van der Waals surface area contributed by atoms with Crippen LogP contribution in [0.1, 0.15) is 25.3 Å². The van der Waals surface area contributed by atoms with Crippen molar-refractivity contribution in [2.24, 2.45) is 0 Å². The average molecular weight is 241 g/mol. The minimum Gasteiger partial charge on any atom is -0.319 e. The van der Waals surface area contributed by atoms with E-state index in [-0.39, 0.29) is 5.75 Å². The Hall–Kier alpha value is -0.870. The van der Waals surface area contributed by atoms with Gasteiger partial charge in [0.05, 0.1) is 10.6 Å². The first-order valence-electron chi connectivity index (χ1n) is 5.48. The van der Waals surface area contributed by atoms with Crippen molar-refractivity contribution in [2.45, 2.75) is 24.7 Å². The van der Waals surface area contributed by atoms with Crippen molar-refractivity contribution in [1.29, 1.82) is 0 Å². The fraction of sp³-hybridized carbons (Fsp3) is 0.500. The van der Waals surface area contributed by atoms with Gasteiger partial charge in [-0.2, -0.15) is 0 Å². The molecular weight excluding hydrogens is 222 g/mol. The molecule has 90 valence electrons. The standard InChI is InChI=1S/C12H19NO2S/c1-4-16(14,15)12-7-5-6-11(8-12)10(2)9-13-3/h5-8,10,13H,4,9H2,1-3H3. The van der Waals surface area contributed by atoms with Crippen molar-refractivity contribution in [1.82, 2.24) is 5.32 Å². The third kappa shape index (κ3) is 3.06. The number of sulfone groups is 1. The number of hydrogen-bond donors (Lipinski definition) is 1. The van der Waals surface area contributed by atoms with Gasteiger partial charge in [-0.25, -0.2) is 8.42 Å². The van der Waals surface area contributed by atoms with Gasteiger partial charge in [-0.15, -0.1) is 0 Å². The van der Waals surface area contributed by atoms with Crippen molar-refractivity contribution in [2.75, 3.05) is 19.3 Å². The van der Waals surface area contributed by atoms with Gasteiger partial charge in [0, 0.05) is 6.54 Å². The zero-order valence-corrected chi connectivity index (χ0v) is 10.8. The van der Waals surface area contributed by atoms with Crippen molar-refractivity contribution in [3.05, 3.63) is 29.8 Å². The van der Waals surface area contributed by atoms with E-state index in [9.17, 15) is 8.42 Å². The number of nitrogens with one attached hydrogen (secondary N) is 1. The Morgan fingerprint density at radius 1 is 1.38 bits per heavy atom. The summed E-state index contributed by atoms with van der Waals surface area (Å²) in [5.74, 6) is 0.466. The molecule has 1 N–H and O–H groups in total. The van der Waals surface area contributed by atoms with Crippen LogP contribution in [0.5, 0.6) is 0 Å². The topological polar surface area (TPSA) is 46.2 Å². The third-order valence-electron chi connectivity index (χ3n) is 2.68. The molecule has 0 heterocycles. The van der Waals surface area contributed by atoms with Gasteiger partial charge in [-0.1, -0.05) is 26.0 Å². The second-order valence-corrected chi connectivity index (χ2v) is 6.21. The van der Waals surface area contributed by atoms with Crippen molar-refractivity contribution in [3.8, 4) is 0 Å². The van der Waals surface area contributed by atoms with E-state index in [1.807, 2.05) is 19.2 Å². The molecule has 4 heteroatoms. The Labute approximate surface area is 97.8 Å². The molecule has 1 rings (SSSR count). The summed E-state index contributed by atoms with van der Waals surface area (Å²) in [6.07, 6.45) is 0. The highest BCUT2D eigenvalue weighted by Crippen LogP contribution is 2.19. The zero-order chi connectivity index (χ0) is 12.2. The van der Waals surface area contributed by atoms with Crippen molar-refractivity contribution >= 4 is 9.84 Å². The minimum absolute atomic E-state index is 0.150. The summed E-state index contributed by atoms with van der Waals surface area (Å²) in [6, 6.07) is 7.22. The lowest BCUT2D eigenvalue weighted by molar-refractivity contribution is 0.596. The van der Waals surface area contributed by atoms with Gasteiger partial charge in [0.25, 0.3) is 0 Å². The van der Waals surface area contributed by atoms with Crippen molar-refractivity contribution in [3.63, 3.8) is 0 Å². The Bertz CT molecular complexity index is 440. The number of hydrogen-bond acceptors (Lipinski definition) is 3. The molecule has 0 saturated carbocycles. The third-order valence-corrected chi connectivity index (χ3v) is 4.41. The van der Waals surface area contributed by atoms with Crippen LogP contribution >= 0.6 is 0 Å². The van der Waals surface area contributed by atoms with Crippen molar-refractivity contribution < 1.29 is 8.42 Å². The van der Waals surface area contributed by atoms with E-state index in [2.05, 4.69) is 12.2 Å². The maximum Gasteiger partial charge on any atom is 0.178 e. The quantitative estimate of drug-likeness (QED) is 0.855. The Balaban J connectivity index is 3.05. The van der Waals surface area contributed by atoms with Gasteiger partial charge < -0.3 is 5.32 Å². The van der Waals surface area contributed by atoms with Crippen LogP contribution in [0.15, 0.2) is 29.2 Å². The van der Waals surface area contributed by atoms with E-state index in [4.69, 9.17) is 0 Å². The SMILES string of the molecule is CCS(=O)(=O)c1cccc(C(C)CNC)c1. The van der Waals surface area contributed by atoms with Gasteiger partial charge in [0.2, 0.25) is 0 Å². The van der Waals surface area contributed by atoms with Crippen LogP contribution in [0, 0.1) is 0 Å². The molecule has 0 amide bonds. The molecule has 0 bridgehead atoms. The first kappa shape index (κ1) is 13.2. The largest absolute Gasteiger partial charge is 0.319 e. The molecule has 1 aromatic rings. The second-order valence-electron chi connectivity index (χ2n) is 3.93. The van der Waals surface area contributed by atoms with Gasteiger partial charge in [0.1, 0.15) is 0 Å². The molecule has 0 aliphatic heterocycles. The molecule has 0 radical (unpaired) electrons. The second kappa shape index (κ2) is 5.46. The molecule has 0 saturated heterocycles. The van der Waals surface area contributed by atoms with Gasteiger partial charge in [-0.3, -0.25) is 0 Å². The van der Waals surface area contributed by atoms with Gasteiger partial charge in [0.15, 0.2) is 9.84 Å². The molecule has 0 fully saturated rings. The highest BCUT2D eigenvalue weighted by Gasteiger charge is 2.13. The predicted molar refractivity (Wildman–Crippen MR) is 66.5 cm³/mol. The van der Waals surface area contributed by atoms with Crippen LogP contribution in [0.2, 0.25) is 0 Å². The molecule has 0 aromatic heterocycles. The minimum atomic E-state index is -3.09. The molecule has 1 unspecified atom stereocenters. The lowest BCUT2D eigenvalue weighted by Crippen LogP contribution is -2.15. The zero-order valence-electron chi connectivity index (χ0n) is 10.0. The van der Waals surface area contributed by atoms with E-state index in [0.717, 1.165) is 12.1 Å². The Morgan fingerprint density at radius 2 is 2.06 bits per heavy atom. The van der Waals surface area contributed by atoms with Crippen LogP contribution in [0.4, 0.5) is 0 Å². The molecule has 0 aliphatic carbocycles. The monoisotopic (exact) mass is 241 g/mol. The predicted octanol–water partition coefficient (Wildman–Crippen LogP) is 1.80. The van der Waals surface area contributed by atoms with Gasteiger partial charge in [-0.05, 0) is 30.7 Å². The van der Waals surface area contributed by atoms with Crippen LogP contribution in [-0.2, 0) is 9.84 Å². The maximum atomic E-state index is 11.7. The highest BCUT2D eigenvalue weighted by atomic mass is 32.2. The number of rotatable bonds is 5. The van der Waals surface area contributed by atoms with E-state index in [0.29, 0.717) is 10.8 Å². The lowest BCUT2D eigenvalue weighted by Gasteiger charge is -2.12. The van der Waals surface area contributed by atoms with Gasteiger partial charge >= 0.3 is 0 Å². The molecule has 1 aromatic carbocycles. The summed E-state index contributed by atoms with van der Waals surface area (Å²) in [7, 11) is -1.20. The molecular formula is C12H19NO2S. The Morgan fingerprint density at radius 3 is 2.62 bits per heavy atom. The number of likely N-dealkylation sites (N-methyl/N-ethyl adjacent to an activating group) is 1. The maximum absolute atomic E-state index is 11.7. The normalized spacial score (nSPS) is 13.7. The smallest absolute Gasteiger partial charge is 0.178 e. The highest BCUT2D eigenvalue weighted by molar-refractivity contribution is 7.91. The van der Waals surface area contributed by atoms with E-state index < -0.39 is 9.84 Å². The lowest BCUT2D eigenvalue weighted by atomic mass is 10.0. The molecule has 3 nitrogen and oxygen atoms in total. The molecule has 16 heavy (non-hydrogen) atoms. The molecule has 1 atom stereocenters. The first-order chi connectivity index (χ1) is 7.51. The van der Waals surface area contributed by atoms with Crippen LogP contribution < -0.4 is 5.32 Å². The fourth-order valence-electron chi connectivity index (χ4n) is 1.61. The molecule has 0 aliphatic rings. The Kier molecular flexibility index (Phi) is 4.50. The van der Waals surface area contributed by atoms with Crippen LogP contribution in [0.25, 0.3) is 0 Å². The average Bonchev–Trinajstić information content (AvgIpc) is 2.29. The summed E-state index contributed by atoms with van der Waals surface area (Å²) >= 11 is 0. The summed E-state index contributed by atoms with van der Waals surface area (Å²) < 4.78 is 23.4. The van der Waals surface area contributed by atoms with Crippen LogP contribution in [0.3, 0.4) is 0 Å². The summed E-state index contributed by atoms with van der Waals surface area (Å²) in [5.41, 5.74) is 1.06.